The monoisotopic (exact) mass is 255 g/mol. The summed E-state index contributed by atoms with van der Waals surface area (Å²) in [4.78, 5) is 15.1. The highest BCUT2D eigenvalue weighted by Crippen LogP contribution is 2.22. The highest BCUT2D eigenvalue weighted by molar-refractivity contribution is 5.96. The number of aryl methyl sites for hydroxylation is 1. The Morgan fingerprint density at radius 1 is 1.16 bits per heavy atom. The van der Waals surface area contributed by atoms with Crippen molar-refractivity contribution in [2.75, 3.05) is 0 Å². The van der Waals surface area contributed by atoms with Crippen molar-refractivity contribution in [3.63, 3.8) is 0 Å². The normalized spacial score (nSPS) is 10.8. The standard InChI is InChI=1S/C15H13NO3/c1-10-5-7-12(8-6-10)16-9-11-3-2-4-13(14(11)17)15(18)19/h2-9,17H,1H3,(H,18,19). The Morgan fingerprint density at radius 3 is 2.47 bits per heavy atom. The van der Waals surface area contributed by atoms with Gasteiger partial charge in [0.2, 0.25) is 0 Å². The molecule has 0 radical (unpaired) electrons. The van der Waals surface area contributed by atoms with Gasteiger partial charge in [-0.25, -0.2) is 4.79 Å². The molecule has 2 aromatic rings. The summed E-state index contributed by atoms with van der Waals surface area (Å²) < 4.78 is 0. The molecule has 96 valence electrons. The van der Waals surface area contributed by atoms with Crippen LogP contribution in [0.3, 0.4) is 0 Å². The fourth-order valence-corrected chi connectivity index (χ4v) is 1.61. The number of aromatic hydroxyl groups is 1. The van der Waals surface area contributed by atoms with Crippen molar-refractivity contribution >= 4 is 17.9 Å². The number of aromatic carboxylic acids is 1. The molecule has 0 fully saturated rings. The van der Waals surface area contributed by atoms with Gasteiger partial charge in [0.15, 0.2) is 0 Å². The third-order valence-corrected chi connectivity index (χ3v) is 2.68. The molecule has 2 aromatic carbocycles. The van der Waals surface area contributed by atoms with Crippen molar-refractivity contribution < 1.29 is 15.0 Å². The predicted molar refractivity (Wildman–Crippen MR) is 73.5 cm³/mol. The van der Waals surface area contributed by atoms with Crippen LogP contribution in [0.4, 0.5) is 5.69 Å². The van der Waals surface area contributed by atoms with Gasteiger partial charge in [0.1, 0.15) is 11.3 Å². The molecule has 4 nitrogen and oxygen atoms in total. The van der Waals surface area contributed by atoms with Gasteiger partial charge in [-0.3, -0.25) is 4.99 Å². The first kappa shape index (κ1) is 12.8. The number of carboxylic acid groups (broad SMARTS) is 1. The van der Waals surface area contributed by atoms with Gasteiger partial charge in [0.25, 0.3) is 0 Å². The Bertz CT molecular complexity index is 630. The molecule has 4 heteroatoms. The molecule has 0 saturated heterocycles. The van der Waals surface area contributed by atoms with Crippen LogP contribution < -0.4 is 0 Å². The molecule has 19 heavy (non-hydrogen) atoms. The van der Waals surface area contributed by atoms with Gasteiger partial charge in [-0.15, -0.1) is 0 Å². The van der Waals surface area contributed by atoms with E-state index in [1.165, 1.54) is 12.3 Å². The maximum absolute atomic E-state index is 10.9. The summed E-state index contributed by atoms with van der Waals surface area (Å²) in [5.41, 5.74) is 2.12. The average molecular weight is 255 g/mol. The van der Waals surface area contributed by atoms with Crippen LogP contribution in [0.25, 0.3) is 0 Å². The van der Waals surface area contributed by atoms with E-state index < -0.39 is 5.97 Å². The summed E-state index contributed by atoms with van der Waals surface area (Å²) >= 11 is 0. The molecular weight excluding hydrogens is 242 g/mol. The Labute approximate surface area is 110 Å². The van der Waals surface area contributed by atoms with Crippen LogP contribution >= 0.6 is 0 Å². The number of carboxylic acids is 1. The minimum absolute atomic E-state index is 0.132. The number of aliphatic imine (C=N–C) groups is 1. The van der Waals surface area contributed by atoms with Crippen LogP contribution in [0.5, 0.6) is 5.75 Å². The fourth-order valence-electron chi connectivity index (χ4n) is 1.61. The minimum Gasteiger partial charge on any atom is -0.506 e. The molecule has 0 aromatic heterocycles. The van der Waals surface area contributed by atoms with Crippen molar-refractivity contribution in [3.8, 4) is 5.75 Å². The number of phenols is 1. The van der Waals surface area contributed by atoms with E-state index in [9.17, 15) is 9.90 Å². The molecular formula is C15H13NO3. The predicted octanol–water partition coefficient (Wildman–Crippen LogP) is 3.15. The summed E-state index contributed by atoms with van der Waals surface area (Å²) in [6.07, 6.45) is 1.45. The minimum atomic E-state index is -1.16. The van der Waals surface area contributed by atoms with E-state index in [4.69, 9.17) is 5.11 Å². The molecule has 0 atom stereocenters. The third kappa shape index (κ3) is 2.98. The highest BCUT2D eigenvalue weighted by Gasteiger charge is 2.11. The number of benzene rings is 2. The summed E-state index contributed by atoms with van der Waals surface area (Å²) in [6, 6.07) is 12.1. The quantitative estimate of drug-likeness (QED) is 0.828. The lowest BCUT2D eigenvalue weighted by molar-refractivity contribution is 0.0693. The first-order valence-electron chi connectivity index (χ1n) is 5.74. The molecule has 0 saturated carbocycles. The van der Waals surface area contributed by atoms with Crippen LogP contribution in [-0.2, 0) is 0 Å². The van der Waals surface area contributed by atoms with Crippen molar-refractivity contribution in [3.05, 3.63) is 59.2 Å². The average Bonchev–Trinajstić information content (AvgIpc) is 2.39. The van der Waals surface area contributed by atoms with Gasteiger partial charge in [0, 0.05) is 11.8 Å². The van der Waals surface area contributed by atoms with Crippen LogP contribution in [0.1, 0.15) is 21.5 Å². The van der Waals surface area contributed by atoms with Gasteiger partial charge in [-0.2, -0.15) is 0 Å². The van der Waals surface area contributed by atoms with E-state index in [2.05, 4.69) is 4.99 Å². The first-order valence-corrected chi connectivity index (χ1v) is 5.74. The second-order valence-electron chi connectivity index (χ2n) is 4.14. The molecule has 0 unspecified atom stereocenters. The zero-order valence-electron chi connectivity index (χ0n) is 10.4. The molecule has 0 aliphatic rings. The van der Waals surface area contributed by atoms with E-state index in [0.29, 0.717) is 5.56 Å². The lowest BCUT2D eigenvalue weighted by atomic mass is 10.1. The van der Waals surface area contributed by atoms with Crippen molar-refractivity contribution in [1.82, 2.24) is 0 Å². The van der Waals surface area contributed by atoms with Gasteiger partial charge < -0.3 is 10.2 Å². The third-order valence-electron chi connectivity index (χ3n) is 2.68. The first-order chi connectivity index (χ1) is 9.08. The van der Waals surface area contributed by atoms with E-state index in [0.717, 1.165) is 11.3 Å². The van der Waals surface area contributed by atoms with E-state index in [1.807, 2.05) is 31.2 Å². The number of para-hydroxylation sites is 1. The molecule has 0 spiro atoms. The lowest BCUT2D eigenvalue weighted by Crippen LogP contribution is -1.98. The largest absolute Gasteiger partial charge is 0.506 e. The fraction of sp³-hybridized carbons (Fsp3) is 0.0667. The summed E-state index contributed by atoms with van der Waals surface area (Å²) in [6.45, 7) is 1.98. The van der Waals surface area contributed by atoms with Gasteiger partial charge >= 0.3 is 5.97 Å². The molecule has 0 aliphatic carbocycles. The van der Waals surface area contributed by atoms with Crippen LogP contribution in [0.15, 0.2) is 47.5 Å². The number of hydrogen-bond acceptors (Lipinski definition) is 3. The zero-order chi connectivity index (χ0) is 13.8. The Morgan fingerprint density at radius 2 is 1.84 bits per heavy atom. The Kier molecular flexibility index (Phi) is 3.61. The molecule has 0 amide bonds. The molecule has 2 rings (SSSR count). The second kappa shape index (κ2) is 5.35. The van der Waals surface area contributed by atoms with Crippen LogP contribution in [0.2, 0.25) is 0 Å². The van der Waals surface area contributed by atoms with E-state index >= 15 is 0 Å². The van der Waals surface area contributed by atoms with Gasteiger partial charge in [0.05, 0.1) is 5.69 Å². The molecule has 0 aliphatic heterocycles. The molecule has 0 heterocycles. The van der Waals surface area contributed by atoms with Crippen molar-refractivity contribution in [2.24, 2.45) is 4.99 Å². The summed E-state index contributed by atoms with van der Waals surface area (Å²) in [5, 5.41) is 18.7. The molecule has 0 bridgehead atoms. The number of hydrogen-bond donors (Lipinski definition) is 2. The van der Waals surface area contributed by atoms with Crippen LogP contribution in [0, 0.1) is 6.92 Å². The number of carbonyl (C=O) groups is 1. The summed E-state index contributed by atoms with van der Waals surface area (Å²) in [5.74, 6) is -1.44. The maximum atomic E-state index is 10.9. The second-order valence-corrected chi connectivity index (χ2v) is 4.14. The number of nitrogens with zero attached hydrogens (tertiary/aromatic N) is 1. The van der Waals surface area contributed by atoms with E-state index in [-0.39, 0.29) is 11.3 Å². The van der Waals surface area contributed by atoms with Crippen LogP contribution in [-0.4, -0.2) is 22.4 Å². The van der Waals surface area contributed by atoms with E-state index in [1.54, 1.807) is 12.1 Å². The Balaban J connectivity index is 2.31. The summed E-state index contributed by atoms with van der Waals surface area (Å²) in [7, 11) is 0. The number of rotatable bonds is 3. The lowest BCUT2D eigenvalue weighted by Gasteiger charge is -2.02. The molecule has 2 N–H and O–H groups in total. The Hall–Kier alpha value is -2.62. The maximum Gasteiger partial charge on any atom is 0.339 e. The topological polar surface area (TPSA) is 69.9 Å². The van der Waals surface area contributed by atoms with Gasteiger partial charge in [-0.05, 0) is 31.2 Å². The smallest absolute Gasteiger partial charge is 0.339 e. The van der Waals surface area contributed by atoms with Crippen molar-refractivity contribution in [2.45, 2.75) is 6.92 Å². The van der Waals surface area contributed by atoms with Gasteiger partial charge in [-0.1, -0.05) is 23.8 Å². The SMILES string of the molecule is Cc1ccc(N=Cc2cccc(C(=O)O)c2O)cc1. The highest BCUT2D eigenvalue weighted by atomic mass is 16.4. The zero-order valence-corrected chi connectivity index (χ0v) is 10.4. The van der Waals surface area contributed by atoms with Crippen molar-refractivity contribution in [1.29, 1.82) is 0 Å².